The molecule has 0 aromatic heterocycles. The first-order valence-electron chi connectivity index (χ1n) is 6.36. The zero-order valence-corrected chi connectivity index (χ0v) is 13.7. The lowest BCUT2D eigenvalue weighted by atomic mass is 10.1. The number of nitrogens with zero attached hydrogens (tertiary/aromatic N) is 1. The molecule has 0 radical (unpaired) electrons. The van der Waals surface area contributed by atoms with Crippen LogP contribution in [0.4, 0.5) is 0 Å². The number of hydrogen-bond acceptors (Lipinski definition) is 5. The summed E-state index contributed by atoms with van der Waals surface area (Å²) in [5.74, 6) is 0.640. The van der Waals surface area contributed by atoms with Gasteiger partial charge in [0.05, 0.1) is 14.2 Å². The maximum absolute atomic E-state index is 12.1. The number of ether oxygens (including phenoxy) is 2. The molecule has 1 atom stereocenters. The molecule has 0 aliphatic carbocycles. The van der Waals surface area contributed by atoms with Gasteiger partial charge in [0.1, 0.15) is 5.25 Å². The van der Waals surface area contributed by atoms with Crippen molar-refractivity contribution >= 4 is 15.7 Å². The predicted octanol–water partition coefficient (Wildman–Crippen LogP) is 1.10. The van der Waals surface area contributed by atoms with Crippen LogP contribution in [0.1, 0.15) is 12.5 Å². The van der Waals surface area contributed by atoms with Crippen molar-refractivity contribution in [3.05, 3.63) is 23.8 Å². The molecule has 0 bridgehead atoms. The maximum Gasteiger partial charge on any atom is 0.240 e. The van der Waals surface area contributed by atoms with Gasteiger partial charge in [-0.1, -0.05) is 12.1 Å². The third-order valence-electron chi connectivity index (χ3n) is 3.26. The molecule has 0 N–H and O–H groups in total. The SMILES string of the molecule is COc1cccc(CN(C)C(=O)[C@H](C)S(C)(=O)=O)c1OC. The van der Waals surface area contributed by atoms with Crippen molar-refractivity contribution in [2.45, 2.75) is 18.7 Å². The van der Waals surface area contributed by atoms with Gasteiger partial charge in [0, 0.05) is 25.4 Å². The first kappa shape index (κ1) is 17.3. The summed E-state index contributed by atoms with van der Waals surface area (Å²) in [4.78, 5) is 13.5. The van der Waals surface area contributed by atoms with Gasteiger partial charge in [-0.05, 0) is 13.0 Å². The summed E-state index contributed by atoms with van der Waals surface area (Å²) in [5.41, 5.74) is 0.744. The van der Waals surface area contributed by atoms with E-state index in [1.807, 2.05) is 0 Å². The summed E-state index contributed by atoms with van der Waals surface area (Å²) in [6.07, 6.45) is 1.05. The highest BCUT2D eigenvalue weighted by Gasteiger charge is 2.27. The van der Waals surface area contributed by atoms with E-state index < -0.39 is 21.0 Å². The van der Waals surface area contributed by atoms with Crippen molar-refractivity contribution in [2.24, 2.45) is 0 Å². The Morgan fingerprint density at radius 3 is 2.38 bits per heavy atom. The number of carbonyl (C=O) groups is 1. The number of methoxy groups -OCH3 is 2. The lowest BCUT2D eigenvalue weighted by Crippen LogP contribution is -2.38. The minimum atomic E-state index is -3.42. The maximum atomic E-state index is 12.1. The number of sulfone groups is 1. The number of hydrogen-bond donors (Lipinski definition) is 0. The van der Waals surface area contributed by atoms with Gasteiger partial charge in [-0.2, -0.15) is 0 Å². The largest absolute Gasteiger partial charge is 0.493 e. The third kappa shape index (κ3) is 4.10. The highest BCUT2D eigenvalue weighted by molar-refractivity contribution is 7.92. The van der Waals surface area contributed by atoms with Crippen molar-refractivity contribution in [2.75, 3.05) is 27.5 Å². The fourth-order valence-corrected chi connectivity index (χ4v) is 2.45. The van der Waals surface area contributed by atoms with Crippen LogP contribution in [0.3, 0.4) is 0 Å². The van der Waals surface area contributed by atoms with E-state index in [-0.39, 0.29) is 6.54 Å². The Balaban J connectivity index is 2.99. The van der Waals surface area contributed by atoms with E-state index >= 15 is 0 Å². The van der Waals surface area contributed by atoms with Crippen LogP contribution in [0, 0.1) is 0 Å². The molecular formula is C14H21NO5S. The van der Waals surface area contributed by atoms with Crippen molar-refractivity contribution in [3.8, 4) is 11.5 Å². The zero-order valence-electron chi connectivity index (χ0n) is 12.9. The first-order chi connectivity index (χ1) is 9.72. The van der Waals surface area contributed by atoms with E-state index in [2.05, 4.69) is 0 Å². The van der Waals surface area contributed by atoms with Crippen LogP contribution in [-0.4, -0.2) is 52.0 Å². The smallest absolute Gasteiger partial charge is 0.240 e. The van der Waals surface area contributed by atoms with E-state index in [4.69, 9.17) is 9.47 Å². The highest BCUT2D eigenvalue weighted by atomic mass is 32.2. The van der Waals surface area contributed by atoms with Crippen LogP contribution in [0.15, 0.2) is 18.2 Å². The lowest BCUT2D eigenvalue weighted by Gasteiger charge is -2.22. The van der Waals surface area contributed by atoms with E-state index in [1.165, 1.54) is 26.0 Å². The molecule has 1 aromatic carbocycles. The van der Waals surface area contributed by atoms with Gasteiger partial charge in [0.25, 0.3) is 0 Å². The van der Waals surface area contributed by atoms with Crippen LogP contribution in [0.5, 0.6) is 11.5 Å². The molecule has 1 amide bonds. The van der Waals surface area contributed by atoms with Crippen LogP contribution in [-0.2, 0) is 21.2 Å². The van der Waals surface area contributed by atoms with Crippen molar-refractivity contribution in [3.63, 3.8) is 0 Å². The number of benzene rings is 1. The Hall–Kier alpha value is -1.76. The molecule has 0 aliphatic heterocycles. The molecule has 0 saturated heterocycles. The molecule has 118 valence electrons. The standard InChI is InChI=1S/C14H21NO5S/c1-10(21(5,17)18)14(16)15(2)9-11-7-6-8-12(19-3)13(11)20-4/h6-8,10H,9H2,1-5H3/t10-/m0/s1. The topological polar surface area (TPSA) is 72.9 Å². The molecule has 7 heteroatoms. The van der Waals surface area contributed by atoms with Crippen LogP contribution < -0.4 is 9.47 Å². The number of carbonyl (C=O) groups excluding carboxylic acids is 1. The number of amides is 1. The molecule has 1 rings (SSSR count). The Morgan fingerprint density at radius 2 is 1.90 bits per heavy atom. The zero-order chi connectivity index (χ0) is 16.2. The summed E-state index contributed by atoms with van der Waals surface area (Å²) >= 11 is 0. The second-order valence-electron chi connectivity index (χ2n) is 4.82. The molecule has 0 heterocycles. The first-order valence-corrected chi connectivity index (χ1v) is 8.31. The Kier molecular flexibility index (Phi) is 5.60. The second-order valence-corrected chi connectivity index (χ2v) is 7.18. The molecule has 6 nitrogen and oxygen atoms in total. The molecule has 0 saturated carbocycles. The van der Waals surface area contributed by atoms with Crippen molar-refractivity contribution in [1.82, 2.24) is 4.90 Å². The summed E-state index contributed by atoms with van der Waals surface area (Å²) in [6.45, 7) is 1.62. The fourth-order valence-electron chi connectivity index (χ4n) is 1.91. The average Bonchev–Trinajstić information content (AvgIpc) is 2.44. The molecule has 0 aliphatic rings. The van der Waals surface area contributed by atoms with Crippen molar-refractivity contribution < 1.29 is 22.7 Å². The van der Waals surface area contributed by atoms with E-state index in [0.717, 1.165) is 11.8 Å². The molecular weight excluding hydrogens is 294 g/mol. The number of para-hydroxylation sites is 1. The van der Waals surface area contributed by atoms with E-state index in [1.54, 1.807) is 25.2 Å². The Morgan fingerprint density at radius 1 is 1.29 bits per heavy atom. The molecule has 1 aromatic rings. The molecule has 0 spiro atoms. The normalized spacial score (nSPS) is 12.6. The minimum absolute atomic E-state index is 0.235. The Bertz CT molecular complexity index is 612. The van der Waals surface area contributed by atoms with Gasteiger partial charge in [-0.3, -0.25) is 4.79 Å². The van der Waals surface area contributed by atoms with Gasteiger partial charge in [-0.25, -0.2) is 8.42 Å². The van der Waals surface area contributed by atoms with Crippen LogP contribution in [0.25, 0.3) is 0 Å². The van der Waals surface area contributed by atoms with Gasteiger partial charge < -0.3 is 14.4 Å². The van der Waals surface area contributed by atoms with Crippen molar-refractivity contribution in [1.29, 1.82) is 0 Å². The molecule has 21 heavy (non-hydrogen) atoms. The average molecular weight is 315 g/mol. The predicted molar refractivity (Wildman–Crippen MR) is 80.3 cm³/mol. The summed E-state index contributed by atoms with van der Waals surface area (Å²) in [5, 5.41) is -1.07. The van der Waals surface area contributed by atoms with E-state index in [0.29, 0.717) is 11.5 Å². The fraction of sp³-hybridized carbons (Fsp3) is 0.500. The minimum Gasteiger partial charge on any atom is -0.493 e. The van der Waals surface area contributed by atoms with Gasteiger partial charge >= 0.3 is 0 Å². The van der Waals surface area contributed by atoms with E-state index in [9.17, 15) is 13.2 Å². The summed E-state index contributed by atoms with van der Waals surface area (Å²) in [7, 11) is 1.19. The van der Waals surface area contributed by atoms with Crippen LogP contribution >= 0.6 is 0 Å². The number of rotatable bonds is 6. The molecule has 0 fully saturated rings. The van der Waals surface area contributed by atoms with Gasteiger partial charge in [0.2, 0.25) is 5.91 Å². The third-order valence-corrected chi connectivity index (χ3v) is 4.74. The summed E-state index contributed by atoms with van der Waals surface area (Å²) in [6, 6.07) is 5.34. The highest BCUT2D eigenvalue weighted by Crippen LogP contribution is 2.31. The quantitative estimate of drug-likeness (QED) is 0.786. The lowest BCUT2D eigenvalue weighted by molar-refractivity contribution is -0.129. The summed E-state index contributed by atoms with van der Waals surface area (Å²) < 4.78 is 33.4. The monoisotopic (exact) mass is 315 g/mol. The van der Waals surface area contributed by atoms with Gasteiger partial charge in [0.15, 0.2) is 21.3 Å². The Labute approximate surface area is 125 Å². The molecule has 0 unspecified atom stereocenters. The second kappa shape index (κ2) is 6.80. The van der Waals surface area contributed by atoms with Gasteiger partial charge in [-0.15, -0.1) is 0 Å². The van der Waals surface area contributed by atoms with Crippen LogP contribution in [0.2, 0.25) is 0 Å².